The number of anilines is 2. The van der Waals surface area contributed by atoms with Gasteiger partial charge in [-0.1, -0.05) is 23.8 Å². The SMILES string of the molecule is CC(=O)Nc1cccc(C(=O)OCC(=O)N(CCC#N)c2ccc(C)cc2)c1. The second-order valence-electron chi connectivity index (χ2n) is 6.13. The first-order valence-corrected chi connectivity index (χ1v) is 8.69. The van der Waals surface area contributed by atoms with Gasteiger partial charge in [0.1, 0.15) is 0 Å². The summed E-state index contributed by atoms with van der Waals surface area (Å²) in [7, 11) is 0. The summed E-state index contributed by atoms with van der Waals surface area (Å²) in [6, 6.07) is 15.6. The molecule has 0 radical (unpaired) electrons. The Morgan fingerprint density at radius 2 is 1.86 bits per heavy atom. The monoisotopic (exact) mass is 379 g/mol. The number of amides is 2. The second-order valence-corrected chi connectivity index (χ2v) is 6.13. The van der Waals surface area contributed by atoms with Gasteiger partial charge in [-0.2, -0.15) is 5.26 Å². The fraction of sp³-hybridized carbons (Fsp3) is 0.238. The average molecular weight is 379 g/mol. The Hall–Kier alpha value is -3.66. The predicted molar refractivity (Wildman–Crippen MR) is 105 cm³/mol. The summed E-state index contributed by atoms with van der Waals surface area (Å²) in [5.74, 6) is -1.36. The minimum absolute atomic E-state index is 0.159. The standard InChI is InChI=1S/C21H21N3O4/c1-15-7-9-19(10-8-15)24(12-4-11-22)20(26)14-28-21(27)17-5-3-6-18(13-17)23-16(2)25/h3,5-10,13H,4,12,14H2,1-2H3,(H,23,25). The predicted octanol–water partition coefficient (Wildman–Crippen LogP) is 3.06. The van der Waals surface area contributed by atoms with Crippen LogP contribution in [0, 0.1) is 18.3 Å². The number of rotatable bonds is 7. The topological polar surface area (TPSA) is 99.5 Å². The Bertz CT molecular complexity index is 901. The maximum Gasteiger partial charge on any atom is 0.338 e. The van der Waals surface area contributed by atoms with E-state index in [1.54, 1.807) is 24.3 Å². The highest BCUT2D eigenvalue weighted by Gasteiger charge is 2.18. The van der Waals surface area contributed by atoms with Gasteiger partial charge in [0.15, 0.2) is 6.61 Å². The van der Waals surface area contributed by atoms with Crippen LogP contribution in [-0.2, 0) is 14.3 Å². The first-order chi connectivity index (χ1) is 13.4. The van der Waals surface area contributed by atoms with Crippen molar-refractivity contribution in [1.82, 2.24) is 0 Å². The molecule has 2 amide bonds. The molecule has 0 spiro atoms. The third-order valence-electron chi connectivity index (χ3n) is 3.84. The summed E-state index contributed by atoms with van der Waals surface area (Å²) in [6.45, 7) is 3.04. The number of carbonyl (C=O) groups excluding carboxylic acids is 3. The van der Waals surface area contributed by atoms with E-state index in [1.165, 1.54) is 24.0 Å². The van der Waals surface area contributed by atoms with Crippen molar-refractivity contribution in [2.24, 2.45) is 0 Å². The number of benzene rings is 2. The van der Waals surface area contributed by atoms with Crippen LogP contribution in [0.15, 0.2) is 48.5 Å². The Kier molecular flexibility index (Phi) is 7.28. The zero-order valence-corrected chi connectivity index (χ0v) is 15.8. The Morgan fingerprint density at radius 3 is 2.50 bits per heavy atom. The van der Waals surface area contributed by atoms with Crippen LogP contribution in [-0.4, -0.2) is 30.9 Å². The summed E-state index contributed by atoms with van der Waals surface area (Å²) >= 11 is 0. The molecule has 28 heavy (non-hydrogen) atoms. The first kappa shape index (κ1) is 20.6. The first-order valence-electron chi connectivity index (χ1n) is 8.69. The van der Waals surface area contributed by atoms with E-state index in [4.69, 9.17) is 10.00 Å². The van der Waals surface area contributed by atoms with Crippen molar-refractivity contribution in [3.8, 4) is 6.07 Å². The molecule has 0 aliphatic heterocycles. The van der Waals surface area contributed by atoms with Crippen molar-refractivity contribution in [2.75, 3.05) is 23.4 Å². The van der Waals surface area contributed by atoms with E-state index in [9.17, 15) is 14.4 Å². The number of esters is 1. The molecule has 7 nitrogen and oxygen atoms in total. The molecule has 2 aromatic carbocycles. The number of nitrogens with one attached hydrogen (secondary N) is 1. The normalized spacial score (nSPS) is 9.89. The van der Waals surface area contributed by atoms with Gasteiger partial charge >= 0.3 is 5.97 Å². The summed E-state index contributed by atoms with van der Waals surface area (Å²) in [4.78, 5) is 37.4. The minimum atomic E-state index is -0.676. The van der Waals surface area contributed by atoms with Gasteiger partial charge in [0.2, 0.25) is 5.91 Å². The van der Waals surface area contributed by atoms with E-state index in [0.29, 0.717) is 11.4 Å². The van der Waals surface area contributed by atoms with Crippen molar-refractivity contribution in [1.29, 1.82) is 5.26 Å². The van der Waals surface area contributed by atoms with Crippen LogP contribution in [0.2, 0.25) is 0 Å². The third-order valence-corrected chi connectivity index (χ3v) is 3.84. The largest absolute Gasteiger partial charge is 0.452 e. The van der Waals surface area contributed by atoms with Gasteiger partial charge < -0.3 is 15.0 Å². The molecule has 0 fully saturated rings. The smallest absolute Gasteiger partial charge is 0.338 e. The van der Waals surface area contributed by atoms with E-state index < -0.39 is 18.5 Å². The van der Waals surface area contributed by atoms with E-state index in [0.717, 1.165) is 5.56 Å². The fourth-order valence-electron chi connectivity index (χ4n) is 2.50. The number of hydrogen-bond donors (Lipinski definition) is 1. The van der Waals surface area contributed by atoms with E-state index in [-0.39, 0.29) is 24.4 Å². The molecule has 0 unspecified atom stereocenters. The molecule has 0 atom stereocenters. The van der Waals surface area contributed by atoms with Crippen molar-refractivity contribution in [3.63, 3.8) is 0 Å². The molecule has 0 heterocycles. The fourth-order valence-corrected chi connectivity index (χ4v) is 2.50. The number of ether oxygens (including phenoxy) is 1. The van der Waals surface area contributed by atoms with Crippen LogP contribution in [0.4, 0.5) is 11.4 Å². The molecular weight excluding hydrogens is 358 g/mol. The van der Waals surface area contributed by atoms with Crippen LogP contribution in [0.25, 0.3) is 0 Å². The number of carbonyl (C=O) groups is 3. The van der Waals surface area contributed by atoms with Crippen LogP contribution in [0.1, 0.15) is 29.3 Å². The second kappa shape index (κ2) is 9.88. The highest BCUT2D eigenvalue weighted by molar-refractivity contribution is 5.98. The van der Waals surface area contributed by atoms with Crippen molar-refractivity contribution < 1.29 is 19.1 Å². The molecule has 0 saturated carbocycles. The summed E-state index contributed by atoms with van der Waals surface area (Å²) in [5.41, 5.74) is 2.36. The average Bonchev–Trinajstić information content (AvgIpc) is 2.67. The quantitative estimate of drug-likeness (QED) is 0.746. The van der Waals surface area contributed by atoms with Gasteiger partial charge in [-0.05, 0) is 37.3 Å². The van der Waals surface area contributed by atoms with Crippen molar-refractivity contribution >= 4 is 29.2 Å². The zero-order valence-electron chi connectivity index (χ0n) is 15.8. The molecule has 0 aliphatic carbocycles. The molecule has 2 aromatic rings. The van der Waals surface area contributed by atoms with Crippen LogP contribution < -0.4 is 10.2 Å². The van der Waals surface area contributed by atoms with Crippen molar-refractivity contribution in [2.45, 2.75) is 20.3 Å². The van der Waals surface area contributed by atoms with E-state index >= 15 is 0 Å². The lowest BCUT2D eigenvalue weighted by Gasteiger charge is -2.21. The van der Waals surface area contributed by atoms with E-state index in [2.05, 4.69) is 5.32 Å². The van der Waals surface area contributed by atoms with Gasteiger partial charge in [0.25, 0.3) is 5.91 Å². The molecule has 2 rings (SSSR count). The van der Waals surface area contributed by atoms with Gasteiger partial charge in [-0.3, -0.25) is 9.59 Å². The highest BCUT2D eigenvalue weighted by atomic mass is 16.5. The lowest BCUT2D eigenvalue weighted by Crippen LogP contribution is -2.35. The summed E-state index contributed by atoms with van der Waals surface area (Å²) in [6.07, 6.45) is 0.159. The van der Waals surface area contributed by atoms with E-state index in [1.807, 2.05) is 25.1 Å². The van der Waals surface area contributed by atoms with Crippen LogP contribution in [0.5, 0.6) is 0 Å². The third kappa shape index (κ3) is 5.95. The molecule has 0 aliphatic rings. The Labute approximate surface area is 163 Å². The number of nitriles is 1. The molecular formula is C21H21N3O4. The molecule has 7 heteroatoms. The van der Waals surface area contributed by atoms with Gasteiger partial charge in [-0.25, -0.2) is 4.79 Å². The minimum Gasteiger partial charge on any atom is -0.452 e. The zero-order chi connectivity index (χ0) is 20.5. The molecule has 144 valence electrons. The maximum atomic E-state index is 12.6. The Balaban J connectivity index is 2.05. The number of hydrogen-bond acceptors (Lipinski definition) is 5. The molecule has 0 saturated heterocycles. The number of nitrogens with zero attached hydrogens (tertiary/aromatic N) is 2. The summed E-state index contributed by atoms with van der Waals surface area (Å²) in [5, 5.41) is 11.4. The summed E-state index contributed by atoms with van der Waals surface area (Å²) < 4.78 is 5.13. The molecule has 0 bridgehead atoms. The number of aryl methyl sites for hydroxylation is 1. The maximum absolute atomic E-state index is 12.6. The van der Waals surface area contributed by atoms with Gasteiger partial charge in [-0.15, -0.1) is 0 Å². The van der Waals surface area contributed by atoms with Gasteiger partial charge in [0.05, 0.1) is 18.1 Å². The van der Waals surface area contributed by atoms with Crippen LogP contribution >= 0.6 is 0 Å². The van der Waals surface area contributed by atoms with Crippen molar-refractivity contribution in [3.05, 3.63) is 59.7 Å². The highest BCUT2D eigenvalue weighted by Crippen LogP contribution is 2.17. The lowest BCUT2D eigenvalue weighted by atomic mass is 10.2. The van der Waals surface area contributed by atoms with Crippen LogP contribution in [0.3, 0.4) is 0 Å². The van der Waals surface area contributed by atoms with Gasteiger partial charge in [0, 0.05) is 24.8 Å². The lowest BCUT2D eigenvalue weighted by molar-refractivity contribution is -0.121. The Morgan fingerprint density at radius 1 is 1.14 bits per heavy atom. The molecule has 0 aromatic heterocycles. The molecule has 1 N–H and O–H groups in total.